The zero-order valence-electron chi connectivity index (χ0n) is 10.3. The molecule has 1 heterocycles. The van der Waals surface area contributed by atoms with Gasteiger partial charge in [-0.05, 0) is 54.4 Å². The highest BCUT2D eigenvalue weighted by Gasteiger charge is 2.25. The molecule has 2 aliphatic rings. The van der Waals surface area contributed by atoms with Crippen molar-refractivity contribution in [2.24, 2.45) is 0 Å². The number of H-pyrrole nitrogens is 1. The van der Waals surface area contributed by atoms with Crippen molar-refractivity contribution in [3.05, 3.63) is 57.0 Å². The highest BCUT2D eigenvalue weighted by molar-refractivity contribution is 5.76. The average Bonchev–Trinajstić information content (AvgIpc) is 2.86. The lowest BCUT2D eigenvalue weighted by Crippen LogP contribution is -2.21. The second kappa shape index (κ2) is 3.58. The van der Waals surface area contributed by atoms with Crippen molar-refractivity contribution >= 4 is 0 Å². The van der Waals surface area contributed by atoms with Gasteiger partial charge in [-0.3, -0.25) is 4.79 Å². The van der Waals surface area contributed by atoms with Crippen LogP contribution in [0.25, 0.3) is 11.1 Å². The molecule has 0 aliphatic heterocycles. The smallest absolute Gasteiger partial charge is 0.251 e. The standard InChI is InChI=1S/C16H15NO/c18-16-13-9-8-10-4-1-2-5-11(10)15(13)12-6-3-7-14(12)17-16/h1-2,4-5H,3,6-9H2,(H,17,18). The Labute approximate surface area is 106 Å². The molecule has 1 aromatic heterocycles. The Hall–Kier alpha value is -1.83. The Balaban J connectivity index is 2.12. The van der Waals surface area contributed by atoms with E-state index in [1.165, 1.54) is 34.4 Å². The minimum absolute atomic E-state index is 0.139. The summed E-state index contributed by atoms with van der Waals surface area (Å²) in [6.07, 6.45) is 5.19. The van der Waals surface area contributed by atoms with Crippen molar-refractivity contribution in [2.45, 2.75) is 32.1 Å². The third-order valence-corrected chi connectivity index (χ3v) is 4.29. The number of aryl methyl sites for hydroxylation is 2. The minimum atomic E-state index is 0.139. The Morgan fingerprint density at radius 1 is 0.944 bits per heavy atom. The fraction of sp³-hybridized carbons (Fsp3) is 0.312. The third-order valence-electron chi connectivity index (χ3n) is 4.29. The van der Waals surface area contributed by atoms with Gasteiger partial charge in [0, 0.05) is 11.3 Å². The molecule has 0 amide bonds. The number of benzene rings is 1. The van der Waals surface area contributed by atoms with Gasteiger partial charge >= 0.3 is 0 Å². The van der Waals surface area contributed by atoms with E-state index in [-0.39, 0.29) is 5.56 Å². The maximum atomic E-state index is 12.2. The minimum Gasteiger partial charge on any atom is -0.326 e. The van der Waals surface area contributed by atoms with Crippen LogP contribution >= 0.6 is 0 Å². The molecule has 2 heteroatoms. The largest absolute Gasteiger partial charge is 0.326 e. The monoisotopic (exact) mass is 237 g/mol. The molecule has 2 aliphatic carbocycles. The van der Waals surface area contributed by atoms with Gasteiger partial charge in [0.2, 0.25) is 0 Å². The first-order chi connectivity index (χ1) is 8.84. The van der Waals surface area contributed by atoms with Crippen LogP contribution in [0.4, 0.5) is 0 Å². The van der Waals surface area contributed by atoms with E-state index < -0.39 is 0 Å². The predicted molar refractivity (Wildman–Crippen MR) is 71.9 cm³/mol. The van der Waals surface area contributed by atoms with Gasteiger partial charge in [-0.25, -0.2) is 0 Å². The molecule has 0 saturated heterocycles. The van der Waals surface area contributed by atoms with Crippen LogP contribution < -0.4 is 5.56 Å². The Morgan fingerprint density at radius 2 is 1.83 bits per heavy atom. The molecule has 1 N–H and O–H groups in total. The highest BCUT2D eigenvalue weighted by Crippen LogP contribution is 2.37. The second-order valence-electron chi connectivity index (χ2n) is 5.28. The zero-order chi connectivity index (χ0) is 12.1. The van der Waals surface area contributed by atoms with Gasteiger partial charge in [0.15, 0.2) is 0 Å². The zero-order valence-corrected chi connectivity index (χ0v) is 10.3. The molecule has 0 radical (unpaired) electrons. The number of nitrogens with one attached hydrogen (secondary N) is 1. The van der Waals surface area contributed by atoms with E-state index in [9.17, 15) is 4.79 Å². The summed E-state index contributed by atoms with van der Waals surface area (Å²) < 4.78 is 0. The van der Waals surface area contributed by atoms with Crippen LogP contribution in [-0.4, -0.2) is 4.98 Å². The van der Waals surface area contributed by atoms with Crippen LogP contribution in [0, 0.1) is 0 Å². The van der Waals surface area contributed by atoms with E-state index in [2.05, 4.69) is 29.2 Å². The molecular formula is C16H15NO. The van der Waals surface area contributed by atoms with Gasteiger partial charge in [0.05, 0.1) is 0 Å². The molecule has 2 nitrogen and oxygen atoms in total. The topological polar surface area (TPSA) is 32.9 Å². The first-order valence-corrected chi connectivity index (χ1v) is 6.70. The van der Waals surface area contributed by atoms with E-state index >= 15 is 0 Å². The molecule has 0 saturated carbocycles. The molecule has 0 fully saturated rings. The number of aromatic nitrogens is 1. The lowest BCUT2D eigenvalue weighted by atomic mass is 9.83. The first kappa shape index (κ1) is 10.1. The molecule has 0 unspecified atom stereocenters. The fourth-order valence-corrected chi connectivity index (χ4v) is 3.47. The Morgan fingerprint density at radius 3 is 2.78 bits per heavy atom. The van der Waals surface area contributed by atoms with E-state index in [4.69, 9.17) is 0 Å². The lowest BCUT2D eigenvalue weighted by molar-refractivity contribution is 0.892. The Kier molecular flexibility index (Phi) is 2.01. The lowest BCUT2D eigenvalue weighted by Gasteiger charge is -2.21. The SMILES string of the molecule is O=c1[nH]c2c(c3c1CCc1ccccc1-3)CCC2. The van der Waals surface area contributed by atoms with Crippen molar-refractivity contribution in [3.8, 4) is 11.1 Å². The third kappa shape index (κ3) is 1.26. The van der Waals surface area contributed by atoms with Crippen LogP contribution in [-0.2, 0) is 25.7 Å². The van der Waals surface area contributed by atoms with Crippen molar-refractivity contribution in [1.82, 2.24) is 4.98 Å². The summed E-state index contributed by atoms with van der Waals surface area (Å²) in [4.78, 5) is 15.3. The van der Waals surface area contributed by atoms with Crippen molar-refractivity contribution in [3.63, 3.8) is 0 Å². The maximum absolute atomic E-state index is 12.2. The predicted octanol–water partition coefficient (Wildman–Crippen LogP) is 2.63. The van der Waals surface area contributed by atoms with Crippen molar-refractivity contribution < 1.29 is 0 Å². The van der Waals surface area contributed by atoms with Gasteiger partial charge in [0.1, 0.15) is 0 Å². The van der Waals surface area contributed by atoms with Crippen LogP contribution in [0.1, 0.15) is 28.8 Å². The second-order valence-corrected chi connectivity index (χ2v) is 5.28. The Bertz CT molecular complexity index is 697. The van der Waals surface area contributed by atoms with Crippen LogP contribution in [0.15, 0.2) is 29.1 Å². The van der Waals surface area contributed by atoms with Crippen LogP contribution in [0.3, 0.4) is 0 Å². The summed E-state index contributed by atoms with van der Waals surface area (Å²) in [5.41, 5.74) is 7.67. The number of rotatable bonds is 0. The molecule has 0 atom stereocenters. The number of hydrogen-bond acceptors (Lipinski definition) is 1. The molecule has 90 valence electrons. The molecule has 0 spiro atoms. The van der Waals surface area contributed by atoms with Gasteiger partial charge < -0.3 is 4.98 Å². The summed E-state index contributed by atoms with van der Waals surface area (Å²) in [6.45, 7) is 0. The number of hydrogen-bond donors (Lipinski definition) is 1. The number of fused-ring (bicyclic) bond motifs is 5. The average molecular weight is 237 g/mol. The van der Waals surface area contributed by atoms with E-state index in [1.807, 2.05) is 0 Å². The fourth-order valence-electron chi connectivity index (χ4n) is 3.47. The molecule has 1 aromatic carbocycles. The number of pyridine rings is 1. The van der Waals surface area contributed by atoms with Gasteiger partial charge in [-0.1, -0.05) is 24.3 Å². The molecule has 0 bridgehead atoms. The number of aromatic amines is 1. The van der Waals surface area contributed by atoms with E-state index in [0.717, 1.165) is 31.2 Å². The van der Waals surface area contributed by atoms with Crippen LogP contribution in [0.5, 0.6) is 0 Å². The molecule has 4 rings (SSSR count). The highest BCUT2D eigenvalue weighted by atomic mass is 16.1. The van der Waals surface area contributed by atoms with Gasteiger partial charge in [0.25, 0.3) is 5.56 Å². The summed E-state index contributed by atoms with van der Waals surface area (Å²) in [7, 11) is 0. The van der Waals surface area contributed by atoms with E-state index in [0.29, 0.717) is 0 Å². The molecular weight excluding hydrogens is 222 g/mol. The molecule has 18 heavy (non-hydrogen) atoms. The van der Waals surface area contributed by atoms with Crippen molar-refractivity contribution in [1.29, 1.82) is 0 Å². The normalized spacial score (nSPS) is 16.0. The molecule has 2 aromatic rings. The van der Waals surface area contributed by atoms with Crippen molar-refractivity contribution in [2.75, 3.05) is 0 Å². The van der Waals surface area contributed by atoms with E-state index in [1.54, 1.807) is 0 Å². The first-order valence-electron chi connectivity index (χ1n) is 6.70. The maximum Gasteiger partial charge on any atom is 0.251 e. The quantitative estimate of drug-likeness (QED) is 0.750. The van der Waals surface area contributed by atoms with Gasteiger partial charge in [-0.15, -0.1) is 0 Å². The van der Waals surface area contributed by atoms with Gasteiger partial charge in [-0.2, -0.15) is 0 Å². The summed E-state index contributed by atoms with van der Waals surface area (Å²) in [6, 6.07) is 8.54. The summed E-state index contributed by atoms with van der Waals surface area (Å²) >= 11 is 0. The summed E-state index contributed by atoms with van der Waals surface area (Å²) in [5.74, 6) is 0. The summed E-state index contributed by atoms with van der Waals surface area (Å²) in [5, 5.41) is 0. The van der Waals surface area contributed by atoms with Crippen LogP contribution in [0.2, 0.25) is 0 Å².